The molecule has 0 aliphatic heterocycles. The molecule has 1 aliphatic carbocycles. The van der Waals surface area contributed by atoms with Crippen molar-refractivity contribution in [3.8, 4) is 11.1 Å². The van der Waals surface area contributed by atoms with E-state index in [2.05, 4.69) is 22.8 Å². The van der Waals surface area contributed by atoms with Crippen molar-refractivity contribution in [3.05, 3.63) is 71.8 Å². The van der Waals surface area contributed by atoms with Crippen molar-refractivity contribution >= 4 is 18.0 Å². The zero-order chi connectivity index (χ0) is 22.2. The Kier molecular flexibility index (Phi) is 7.40. The molecule has 8 nitrogen and oxygen atoms in total. The molecule has 31 heavy (non-hydrogen) atoms. The standard InChI is InChI=1S/C23H24N2O6/c1-30-20(22(28)24-12-6-11-21(26)27)13-25-23(29)31-14-19-17-9-4-2-7-15(17)16-8-3-5-10-18(16)19/h2-11,19-20H,12-14H2,1H3,(H,24,28)(H,25,29)(H,26,27)/b11-6+. The van der Waals surface area contributed by atoms with Gasteiger partial charge in [-0.2, -0.15) is 0 Å². The molecule has 0 bridgehead atoms. The number of carbonyl (C=O) groups excluding carboxylic acids is 2. The number of nitrogens with one attached hydrogen (secondary N) is 2. The highest BCUT2D eigenvalue weighted by molar-refractivity contribution is 5.83. The quantitative estimate of drug-likeness (QED) is 0.532. The number of ether oxygens (including phenoxy) is 2. The minimum atomic E-state index is -1.10. The lowest BCUT2D eigenvalue weighted by Crippen LogP contribution is -2.44. The Morgan fingerprint density at radius 3 is 2.23 bits per heavy atom. The maximum Gasteiger partial charge on any atom is 0.407 e. The Morgan fingerprint density at radius 2 is 1.65 bits per heavy atom. The molecule has 162 valence electrons. The van der Waals surface area contributed by atoms with Crippen LogP contribution in [0.3, 0.4) is 0 Å². The molecule has 0 radical (unpaired) electrons. The van der Waals surface area contributed by atoms with E-state index in [0.717, 1.165) is 28.3 Å². The number of benzene rings is 2. The van der Waals surface area contributed by atoms with Crippen LogP contribution in [-0.2, 0) is 19.1 Å². The summed E-state index contributed by atoms with van der Waals surface area (Å²) in [5.74, 6) is -1.63. The number of aliphatic carboxylic acids is 1. The van der Waals surface area contributed by atoms with Gasteiger partial charge in [0.1, 0.15) is 6.61 Å². The summed E-state index contributed by atoms with van der Waals surface area (Å²) in [4.78, 5) is 34.7. The first kappa shape index (κ1) is 22.0. The summed E-state index contributed by atoms with van der Waals surface area (Å²) in [6, 6.07) is 16.1. The number of carboxylic acids is 1. The number of alkyl carbamates (subject to hydrolysis) is 1. The molecule has 1 atom stereocenters. The van der Waals surface area contributed by atoms with Gasteiger partial charge in [0.05, 0.1) is 6.54 Å². The number of fused-ring (bicyclic) bond motifs is 3. The van der Waals surface area contributed by atoms with Gasteiger partial charge in [-0.25, -0.2) is 9.59 Å². The van der Waals surface area contributed by atoms with Crippen LogP contribution in [0.15, 0.2) is 60.7 Å². The largest absolute Gasteiger partial charge is 0.478 e. The van der Waals surface area contributed by atoms with Crippen LogP contribution in [0, 0.1) is 0 Å². The monoisotopic (exact) mass is 424 g/mol. The second kappa shape index (κ2) is 10.4. The SMILES string of the molecule is COC(CNC(=O)OCC1c2ccccc2-c2ccccc21)C(=O)NC/C=C/C(=O)O. The number of rotatable bonds is 9. The lowest BCUT2D eigenvalue weighted by Gasteiger charge is -2.17. The first-order valence-corrected chi connectivity index (χ1v) is 9.80. The van der Waals surface area contributed by atoms with E-state index in [1.165, 1.54) is 13.2 Å². The predicted molar refractivity (Wildman–Crippen MR) is 114 cm³/mol. The van der Waals surface area contributed by atoms with Gasteiger partial charge in [0.15, 0.2) is 6.10 Å². The summed E-state index contributed by atoms with van der Waals surface area (Å²) < 4.78 is 10.5. The lowest BCUT2D eigenvalue weighted by atomic mass is 9.98. The maximum atomic E-state index is 12.2. The fraction of sp³-hybridized carbons (Fsp3) is 0.261. The van der Waals surface area contributed by atoms with Gasteiger partial charge in [0.2, 0.25) is 0 Å². The summed E-state index contributed by atoms with van der Waals surface area (Å²) >= 11 is 0. The third kappa shape index (κ3) is 5.49. The average molecular weight is 424 g/mol. The van der Waals surface area contributed by atoms with Crippen molar-refractivity contribution in [2.45, 2.75) is 12.0 Å². The van der Waals surface area contributed by atoms with E-state index in [-0.39, 0.29) is 25.6 Å². The van der Waals surface area contributed by atoms with Gasteiger partial charge in [-0.1, -0.05) is 54.6 Å². The number of carboxylic acid groups (broad SMARTS) is 1. The Hall–Kier alpha value is -3.65. The zero-order valence-corrected chi connectivity index (χ0v) is 17.0. The average Bonchev–Trinajstić information content (AvgIpc) is 3.09. The van der Waals surface area contributed by atoms with Gasteiger partial charge in [-0.15, -0.1) is 0 Å². The number of carbonyl (C=O) groups is 3. The van der Waals surface area contributed by atoms with Gasteiger partial charge in [0, 0.05) is 25.6 Å². The van der Waals surface area contributed by atoms with E-state index in [1.807, 2.05) is 36.4 Å². The van der Waals surface area contributed by atoms with E-state index in [0.29, 0.717) is 0 Å². The van der Waals surface area contributed by atoms with Crippen LogP contribution in [0.5, 0.6) is 0 Å². The molecule has 3 N–H and O–H groups in total. The van der Waals surface area contributed by atoms with Crippen molar-refractivity contribution in [3.63, 3.8) is 0 Å². The third-order valence-corrected chi connectivity index (χ3v) is 5.01. The number of hydrogen-bond acceptors (Lipinski definition) is 5. The molecule has 3 rings (SSSR count). The van der Waals surface area contributed by atoms with Crippen LogP contribution in [0.25, 0.3) is 11.1 Å². The lowest BCUT2D eigenvalue weighted by molar-refractivity contribution is -0.132. The summed E-state index contributed by atoms with van der Waals surface area (Å²) in [6.45, 7) is 0.126. The molecule has 1 aliphatic rings. The van der Waals surface area contributed by atoms with Crippen molar-refractivity contribution in [1.29, 1.82) is 0 Å². The molecule has 0 aromatic heterocycles. The number of amides is 2. The van der Waals surface area contributed by atoms with Crippen molar-refractivity contribution in [2.75, 3.05) is 26.8 Å². The minimum Gasteiger partial charge on any atom is -0.478 e. The fourth-order valence-electron chi connectivity index (χ4n) is 3.54. The third-order valence-electron chi connectivity index (χ3n) is 5.01. The van der Waals surface area contributed by atoms with E-state index in [1.54, 1.807) is 0 Å². The van der Waals surface area contributed by atoms with Crippen LogP contribution in [0.2, 0.25) is 0 Å². The van der Waals surface area contributed by atoms with Gasteiger partial charge < -0.3 is 25.2 Å². The Labute approximate surface area is 179 Å². The molecule has 1 unspecified atom stereocenters. The second-order valence-corrected chi connectivity index (χ2v) is 6.92. The van der Waals surface area contributed by atoms with E-state index < -0.39 is 24.1 Å². The van der Waals surface area contributed by atoms with Crippen LogP contribution in [0.4, 0.5) is 4.79 Å². The molecular formula is C23H24N2O6. The van der Waals surface area contributed by atoms with Crippen LogP contribution in [0.1, 0.15) is 17.0 Å². The molecule has 8 heteroatoms. The smallest absolute Gasteiger partial charge is 0.407 e. The predicted octanol–water partition coefficient (Wildman–Crippen LogP) is 2.30. The molecule has 0 saturated carbocycles. The Balaban J connectivity index is 1.51. The summed E-state index contributed by atoms with van der Waals surface area (Å²) in [7, 11) is 1.34. The summed E-state index contributed by atoms with van der Waals surface area (Å²) in [5, 5.41) is 13.6. The minimum absolute atomic E-state index is 0.0376. The fourth-order valence-corrected chi connectivity index (χ4v) is 3.54. The summed E-state index contributed by atoms with van der Waals surface area (Å²) in [6.07, 6.45) is 0.643. The number of methoxy groups -OCH3 is 1. The normalized spacial score (nSPS) is 13.3. The van der Waals surface area contributed by atoms with Gasteiger partial charge in [-0.3, -0.25) is 4.79 Å². The van der Waals surface area contributed by atoms with Crippen LogP contribution >= 0.6 is 0 Å². The van der Waals surface area contributed by atoms with Crippen molar-refractivity contribution in [1.82, 2.24) is 10.6 Å². The van der Waals surface area contributed by atoms with Crippen LogP contribution < -0.4 is 10.6 Å². The molecule has 0 saturated heterocycles. The molecule has 2 aromatic carbocycles. The molecule has 2 aromatic rings. The molecule has 2 amide bonds. The van der Waals surface area contributed by atoms with E-state index in [9.17, 15) is 14.4 Å². The number of hydrogen-bond donors (Lipinski definition) is 3. The Bertz CT molecular complexity index is 942. The summed E-state index contributed by atoms with van der Waals surface area (Å²) in [5.41, 5.74) is 4.50. The van der Waals surface area contributed by atoms with Gasteiger partial charge in [0.25, 0.3) is 5.91 Å². The van der Waals surface area contributed by atoms with Gasteiger partial charge in [-0.05, 0) is 22.3 Å². The molecule has 0 heterocycles. The van der Waals surface area contributed by atoms with Gasteiger partial charge >= 0.3 is 12.1 Å². The second-order valence-electron chi connectivity index (χ2n) is 6.92. The maximum absolute atomic E-state index is 12.2. The molecular weight excluding hydrogens is 400 g/mol. The molecule has 0 fully saturated rings. The van der Waals surface area contributed by atoms with Crippen LogP contribution in [-0.4, -0.2) is 56.0 Å². The first-order valence-electron chi connectivity index (χ1n) is 9.80. The first-order chi connectivity index (χ1) is 15.0. The zero-order valence-electron chi connectivity index (χ0n) is 17.0. The van der Waals surface area contributed by atoms with Crippen molar-refractivity contribution < 1.29 is 29.0 Å². The van der Waals surface area contributed by atoms with Crippen molar-refractivity contribution in [2.24, 2.45) is 0 Å². The molecule has 0 spiro atoms. The highest BCUT2D eigenvalue weighted by Gasteiger charge is 2.29. The highest BCUT2D eigenvalue weighted by Crippen LogP contribution is 2.44. The van der Waals surface area contributed by atoms with E-state index >= 15 is 0 Å². The topological polar surface area (TPSA) is 114 Å². The highest BCUT2D eigenvalue weighted by atomic mass is 16.5. The Morgan fingerprint density at radius 1 is 1.03 bits per heavy atom. The van der Waals surface area contributed by atoms with E-state index in [4.69, 9.17) is 14.6 Å².